The monoisotopic (exact) mass is 404 g/mol. The molecule has 0 spiro atoms. The molecule has 5 heteroatoms. The summed E-state index contributed by atoms with van der Waals surface area (Å²) in [4.78, 5) is 24.0. The minimum absolute atomic E-state index is 0.0244. The molecule has 0 radical (unpaired) electrons. The minimum atomic E-state index is -1.04. The SMILES string of the molecule is COCOc1c(C=O)cc(C(C(=O)O)=C(C)C)c2cccc(Cc3ccccc3)c12. The van der Waals surface area contributed by atoms with Crippen LogP contribution in [0.25, 0.3) is 16.3 Å². The molecule has 30 heavy (non-hydrogen) atoms. The Balaban J connectivity index is 2.38. The van der Waals surface area contributed by atoms with E-state index in [0.29, 0.717) is 29.6 Å². The number of carboxylic acids is 1. The molecule has 0 saturated carbocycles. The molecule has 0 fully saturated rings. The molecule has 0 saturated heterocycles. The van der Waals surface area contributed by atoms with Crippen molar-refractivity contribution in [3.05, 3.63) is 82.4 Å². The molecule has 0 heterocycles. The van der Waals surface area contributed by atoms with E-state index in [9.17, 15) is 14.7 Å². The van der Waals surface area contributed by atoms with Crippen LogP contribution < -0.4 is 4.74 Å². The molecule has 0 aromatic heterocycles. The second kappa shape index (κ2) is 9.37. The second-order valence-corrected chi connectivity index (χ2v) is 7.19. The van der Waals surface area contributed by atoms with Crippen LogP contribution in [-0.4, -0.2) is 31.3 Å². The van der Waals surface area contributed by atoms with Crippen molar-refractivity contribution in [2.24, 2.45) is 0 Å². The van der Waals surface area contributed by atoms with Gasteiger partial charge in [-0.1, -0.05) is 54.1 Å². The van der Waals surface area contributed by atoms with Gasteiger partial charge in [-0.25, -0.2) is 4.79 Å². The van der Waals surface area contributed by atoms with Crippen LogP contribution in [0.1, 0.15) is 40.9 Å². The summed E-state index contributed by atoms with van der Waals surface area (Å²) in [5, 5.41) is 11.3. The first-order valence-electron chi connectivity index (χ1n) is 9.58. The van der Waals surface area contributed by atoms with E-state index in [2.05, 4.69) is 0 Å². The van der Waals surface area contributed by atoms with Crippen molar-refractivity contribution in [3.8, 4) is 5.75 Å². The lowest BCUT2D eigenvalue weighted by molar-refractivity contribution is -0.130. The van der Waals surface area contributed by atoms with E-state index in [1.54, 1.807) is 19.9 Å². The van der Waals surface area contributed by atoms with Crippen molar-refractivity contribution in [2.75, 3.05) is 13.9 Å². The Morgan fingerprint density at radius 3 is 2.40 bits per heavy atom. The highest BCUT2D eigenvalue weighted by Gasteiger charge is 2.22. The van der Waals surface area contributed by atoms with Crippen LogP contribution in [0.4, 0.5) is 0 Å². The zero-order valence-electron chi connectivity index (χ0n) is 17.3. The fraction of sp³-hybridized carbons (Fsp3) is 0.200. The minimum Gasteiger partial charge on any atom is -0.478 e. The van der Waals surface area contributed by atoms with Gasteiger partial charge in [0.15, 0.2) is 13.1 Å². The zero-order valence-corrected chi connectivity index (χ0v) is 17.3. The molecule has 0 aliphatic rings. The molecular weight excluding hydrogens is 380 g/mol. The molecule has 5 nitrogen and oxygen atoms in total. The van der Waals surface area contributed by atoms with Crippen LogP contribution in [0, 0.1) is 0 Å². The zero-order chi connectivity index (χ0) is 21.7. The van der Waals surface area contributed by atoms with Gasteiger partial charge in [-0.2, -0.15) is 0 Å². The lowest BCUT2D eigenvalue weighted by atomic mass is 9.89. The van der Waals surface area contributed by atoms with E-state index in [0.717, 1.165) is 21.9 Å². The highest BCUT2D eigenvalue weighted by Crippen LogP contribution is 2.39. The molecule has 0 aliphatic heterocycles. The predicted molar refractivity (Wildman–Crippen MR) is 117 cm³/mol. The summed E-state index contributed by atoms with van der Waals surface area (Å²) >= 11 is 0. The number of hydrogen-bond donors (Lipinski definition) is 1. The van der Waals surface area contributed by atoms with Crippen LogP contribution >= 0.6 is 0 Å². The molecule has 0 bridgehead atoms. The molecule has 3 aromatic rings. The molecule has 3 aromatic carbocycles. The van der Waals surface area contributed by atoms with Crippen LogP contribution in [-0.2, 0) is 16.0 Å². The number of benzene rings is 3. The Bertz CT molecular complexity index is 1110. The normalized spacial score (nSPS) is 10.6. The van der Waals surface area contributed by atoms with Crippen molar-refractivity contribution < 1.29 is 24.2 Å². The summed E-state index contributed by atoms with van der Waals surface area (Å²) in [5.41, 5.74) is 3.65. The third kappa shape index (κ3) is 4.26. The van der Waals surface area contributed by atoms with Gasteiger partial charge in [0, 0.05) is 12.5 Å². The molecular formula is C25H24O5. The fourth-order valence-corrected chi connectivity index (χ4v) is 3.67. The predicted octanol–water partition coefficient (Wildman–Crippen LogP) is 5.10. The number of fused-ring (bicyclic) bond motifs is 1. The number of aliphatic carboxylic acids is 1. The van der Waals surface area contributed by atoms with Gasteiger partial charge in [-0.05, 0) is 48.4 Å². The molecule has 0 unspecified atom stereocenters. The van der Waals surface area contributed by atoms with Crippen LogP contribution in [0.15, 0.2) is 60.2 Å². The van der Waals surface area contributed by atoms with Gasteiger partial charge in [0.1, 0.15) is 5.75 Å². The number of aldehydes is 1. The molecule has 3 rings (SSSR count). The number of carboxylic acid groups (broad SMARTS) is 1. The summed E-state index contributed by atoms with van der Waals surface area (Å²) in [6.45, 7) is 3.47. The highest BCUT2D eigenvalue weighted by atomic mass is 16.7. The fourth-order valence-electron chi connectivity index (χ4n) is 3.67. The highest BCUT2D eigenvalue weighted by molar-refractivity contribution is 6.21. The van der Waals surface area contributed by atoms with Crippen molar-refractivity contribution in [3.63, 3.8) is 0 Å². The van der Waals surface area contributed by atoms with Crippen LogP contribution in [0.2, 0.25) is 0 Å². The van der Waals surface area contributed by atoms with Gasteiger partial charge < -0.3 is 14.6 Å². The van der Waals surface area contributed by atoms with Gasteiger partial charge in [0.2, 0.25) is 0 Å². The lowest BCUT2D eigenvalue weighted by Gasteiger charge is -2.18. The first-order chi connectivity index (χ1) is 14.5. The number of ether oxygens (including phenoxy) is 2. The average Bonchev–Trinajstić information content (AvgIpc) is 2.73. The lowest BCUT2D eigenvalue weighted by Crippen LogP contribution is -2.08. The number of hydrogen-bond acceptors (Lipinski definition) is 4. The number of allylic oxidation sites excluding steroid dienone is 1. The molecule has 0 atom stereocenters. The average molecular weight is 404 g/mol. The van der Waals surface area contributed by atoms with E-state index in [1.165, 1.54) is 7.11 Å². The van der Waals surface area contributed by atoms with Gasteiger partial charge in [-0.15, -0.1) is 0 Å². The molecule has 0 amide bonds. The van der Waals surface area contributed by atoms with Crippen molar-refractivity contribution in [1.82, 2.24) is 0 Å². The maximum atomic E-state index is 12.0. The van der Waals surface area contributed by atoms with E-state index in [-0.39, 0.29) is 17.9 Å². The van der Waals surface area contributed by atoms with Gasteiger partial charge in [-0.3, -0.25) is 4.79 Å². The number of carbonyl (C=O) groups is 2. The summed E-state index contributed by atoms with van der Waals surface area (Å²) in [5.74, 6) is -0.636. The first kappa shape index (κ1) is 21.3. The third-order valence-corrected chi connectivity index (χ3v) is 4.90. The number of carbonyl (C=O) groups excluding carboxylic acids is 1. The van der Waals surface area contributed by atoms with E-state index >= 15 is 0 Å². The van der Waals surface area contributed by atoms with Gasteiger partial charge >= 0.3 is 5.97 Å². The largest absolute Gasteiger partial charge is 0.478 e. The Morgan fingerprint density at radius 2 is 1.80 bits per heavy atom. The quantitative estimate of drug-likeness (QED) is 0.321. The summed E-state index contributed by atoms with van der Waals surface area (Å²) in [6, 6.07) is 17.3. The Morgan fingerprint density at radius 1 is 1.07 bits per heavy atom. The summed E-state index contributed by atoms with van der Waals surface area (Å²) < 4.78 is 10.9. The maximum Gasteiger partial charge on any atom is 0.336 e. The maximum absolute atomic E-state index is 12.0. The molecule has 1 N–H and O–H groups in total. The van der Waals surface area contributed by atoms with Crippen LogP contribution in [0.3, 0.4) is 0 Å². The van der Waals surface area contributed by atoms with Gasteiger partial charge in [0.05, 0.1) is 11.1 Å². The smallest absolute Gasteiger partial charge is 0.336 e. The van der Waals surface area contributed by atoms with Crippen molar-refractivity contribution >= 4 is 28.6 Å². The standard InChI is InChI=1S/C25H24O5/c1-16(2)22(25(27)28)21-13-19(14-26)24(30-15-29-3)23-18(10-7-11-20(21)23)12-17-8-5-4-6-9-17/h4-11,13-14H,12,15H2,1-3H3,(H,27,28). The number of methoxy groups -OCH3 is 1. The second-order valence-electron chi connectivity index (χ2n) is 7.19. The summed E-state index contributed by atoms with van der Waals surface area (Å²) in [6.07, 6.45) is 1.30. The van der Waals surface area contributed by atoms with Gasteiger partial charge in [0.25, 0.3) is 0 Å². The Labute approximate surface area is 175 Å². The van der Waals surface area contributed by atoms with E-state index < -0.39 is 5.97 Å². The number of rotatable bonds is 8. The Hall–Kier alpha value is -3.44. The van der Waals surface area contributed by atoms with Crippen molar-refractivity contribution in [2.45, 2.75) is 20.3 Å². The first-order valence-corrected chi connectivity index (χ1v) is 9.58. The van der Waals surface area contributed by atoms with E-state index in [4.69, 9.17) is 9.47 Å². The summed E-state index contributed by atoms with van der Waals surface area (Å²) in [7, 11) is 1.51. The van der Waals surface area contributed by atoms with Crippen molar-refractivity contribution in [1.29, 1.82) is 0 Å². The molecule has 154 valence electrons. The third-order valence-electron chi connectivity index (χ3n) is 4.90. The molecule has 0 aliphatic carbocycles. The van der Waals surface area contributed by atoms with Crippen LogP contribution in [0.5, 0.6) is 5.75 Å². The Kier molecular flexibility index (Phi) is 6.65. The van der Waals surface area contributed by atoms with E-state index in [1.807, 2.05) is 48.5 Å². The topological polar surface area (TPSA) is 72.8 Å².